The van der Waals surface area contributed by atoms with E-state index in [1.165, 1.54) is 0 Å². The molecular weight excluding hydrogens is 386 g/mol. The maximum atomic E-state index is 13.2. The number of carbonyl (C=O) groups is 3. The summed E-state index contributed by atoms with van der Waals surface area (Å²) in [6, 6.07) is 5.05. The van der Waals surface area contributed by atoms with Gasteiger partial charge in [-0.05, 0) is 43.9 Å². The summed E-state index contributed by atoms with van der Waals surface area (Å²) in [7, 11) is 5.24. The zero-order valence-corrected chi connectivity index (χ0v) is 17.7. The predicted molar refractivity (Wildman–Crippen MR) is 110 cm³/mol. The third kappa shape index (κ3) is 4.28. The Morgan fingerprint density at radius 3 is 2.67 bits per heavy atom. The van der Waals surface area contributed by atoms with E-state index in [9.17, 15) is 14.4 Å². The Labute approximate surface area is 176 Å². The van der Waals surface area contributed by atoms with Crippen LogP contribution in [0, 0.1) is 5.92 Å². The van der Waals surface area contributed by atoms with E-state index >= 15 is 0 Å². The predicted octanol–water partition coefficient (Wildman–Crippen LogP) is 1.89. The number of rotatable bonds is 4. The second-order valence-corrected chi connectivity index (χ2v) is 8.64. The molecular formula is C22H29N3O5. The highest BCUT2D eigenvalue weighted by Gasteiger charge is 2.39. The number of carbonyl (C=O) groups excluding carboxylic acids is 3. The molecule has 3 atom stereocenters. The van der Waals surface area contributed by atoms with Gasteiger partial charge in [0.2, 0.25) is 11.8 Å². The van der Waals surface area contributed by atoms with Crippen molar-refractivity contribution in [3.63, 3.8) is 0 Å². The van der Waals surface area contributed by atoms with Gasteiger partial charge in [-0.3, -0.25) is 14.4 Å². The van der Waals surface area contributed by atoms with E-state index in [2.05, 4.69) is 5.32 Å². The van der Waals surface area contributed by atoms with Gasteiger partial charge < -0.3 is 24.6 Å². The first-order chi connectivity index (χ1) is 14.3. The average Bonchev–Trinajstić information content (AvgIpc) is 3.56. The van der Waals surface area contributed by atoms with Gasteiger partial charge in [-0.2, -0.15) is 0 Å². The molecule has 8 heteroatoms. The van der Waals surface area contributed by atoms with Crippen molar-refractivity contribution in [1.29, 1.82) is 0 Å². The highest BCUT2D eigenvalue weighted by atomic mass is 16.5. The van der Waals surface area contributed by atoms with Crippen LogP contribution in [-0.4, -0.2) is 73.5 Å². The Morgan fingerprint density at radius 1 is 1.20 bits per heavy atom. The fourth-order valence-electron chi connectivity index (χ4n) is 4.07. The quantitative estimate of drug-likeness (QED) is 0.811. The third-order valence-corrected chi connectivity index (χ3v) is 6.13. The maximum absolute atomic E-state index is 13.2. The minimum atomic E-state index is -0.296. The number of amides is 3. The number of ether oxygens (including phenoxy) is 2. The largest absolute Gasteiger partial charge is 0.490 e. The van der Waals surface area contributed by atoms with Crippen molar-refractivity contribution in [3.8, 4) is 5.75 Å². The zero-order valence-electron chi connectivity index (χ0n) is 17.7. The molecule has 1 aromatic carbocycles. The first-order valence-electron chi connectivity index (χ1n) is 10.5. The Kier molecular flexibility index (Phi) is 5.69. The zero-order chi connectivity index (χ0) is 21.4. The molecule has 162 valence electrons. The van der Waals surface area contributed by atoms with Crippen molar-refractivity contribution in [1.82, 2.24) is 9.80 Å². The van der Waals surface area contributed by atoms with Crippen LogP contribution in [0.25, 0.3) is 0 Å². The molecule has 0 bridgehead atoms. The van der Waals surface area contributed by atoms with E-state index in [1.54, 1.807) is 49.1 Å². The molecule has 2 heterocycles. The topological polar surface area (TPSA) is 88.2 Å². The number of fused-ring (bicyclic) bond motifs is 2. The van der Waals surface area contributed by atoms with Gasteiger partial charge in [0.25, 0.3) is 5.91 Å². The van der Waals surface area contributed by atoms with Crippen LogP contribution in [0.1, 0.15) is 42.5 Å². The van der Waals surface area contributed by atoms with Gasteiger partial charge in [0.1, 0.15) is 18.5 Å². The number of benzene rings is 1. The standard InChI is InChI=1S/C22H29N3O5/c1-24(2)20(26)11-15-7-8-17-19(30-15)12-29-18-9-6-14(23-21(27)13-4-5-13)10-16(18)22(28)25(17)3/h6,9-10,13,15,17,19H,4-5,7-8,11-12H2,1-3H3,(H,23,27)/t15-,17-,19+/m1/s1. The molecule has 4 rings (SSSR count). The number of nitrogens with zero attached hydrogens (tertiary/aromatic N) is 2. The number of hydrogen-bond donors (Lipinski definition) is 1. The Balaban J connectivity index is 1.49. The van der Waals surface area contributed by atoms with Gasteiger partial charge in [0.05, 0.1) is 24.1 Å². The van der Waals surface area contributed by atoms with Crippen LogP contribution in [0.15, 0.2) is 18.2 Å². The van der Waals surface area contributed by atoms with Crippen molar-refractivity contribution >= 4 is 23.4 Å². The molecule has 1 aromatic rings. The lowest BCUT2D eigenvalue weighted by molar-refractivity contribution is -0.140. The summed E-state index contributed by atoms with van der Waals surface area (Å²) >= 11 is 0. The summed E-state index contributed by atoms with van der Waals surface area (Å²) in [6.45, 7) is 0.301. The minimum Gasteiger partial charge on any atom is -0.490 e. The fourth-order valence-corrected chi connectivity index (χ4v) is 4.07. The normalized spacial score (nSPS) is 25.9. The molecule has 30 heavy (non-hydrogen) atoms. The van der Waals surface area contributed by atoms with E-state index in [-0.39, 0.29) is 41.9 Å². The van der Waals surface area contributed by atoms with Crippen LogP contribution >= 0.6 is 0 Å². The molecule has 0 radical (unpaired) electrons. The lowest BCUT2D eigenvalue weighted by atomic mass is 9.94. The van der Waals surface area contributed by atoms with Crippen LogP contribution in [0.2, 0.25) is 0 Å². The molecule has 2 fully saturated rings. The van der Waals surface area contributed by atoms with Crippen molar-refractivity contribution in [3.05, 3.63) is 23.8 Å². The number of likely N-dealkylation sites (N-methyl/N-ethyl adjacent to an activating group) is 1. The van der Waals surface area contributed by atoms with Crippen LogP contribution < -0.4 is 10.1 Å². The second kappa shape index (κ2) is 8.26. The SMILES string of the molecule is CN(C)C(=O)C[C@H]1CC[C@@H]2[C@H](COc3ccc(NC(=O)C4CC4)cc3C(=O)N2C)O1. The molecule has 3 aliphatic rings. The number of hydrogen-bond acceptors (Lipinski definition) is 5. The Bertz CT molecular complexity index is 851. The summed E-state index contributed by atoms with van der Waals surface area (Å²) in [5.41, 5.74) is 1.05. The van der Waals surface area contributed by atoms with Gasteiger partial charge in [-0.1, -0.05) is 0 Å². The van der Waals surface area contributed by atoms with Crippen LogP contribution in [0.4, 0.5) is 5.69 Å². The third-order valence-electron chi connectivity index (χ3n) is 6.13. The van der Waals surface area contributed by atoms with Crippen molar-refractivity contribution in [2.45, 2.75) is 50.4 Å². The molecule has 8 nitrogen and oxygen atoms in total. The lowest BCUT2D eigenvalue weighted by Gasteiger charge is -2.42. The van der Waals surface area contributed by atoms with E-state index in [0.717, 1.165) is 19.3 Å². The average molecular weight is 415 g/mol. The van der Waals surface area contributed by atoms with Gasteiger partial charge in [0.15, 0.2) is 0 Å². The molecule has 1 saturated carbocycles. The van der Waals surface area contributed by atoms with Crippen molar-refractivity contribution in [2.24, 2.45) is 5.92 Å². The Hall–Kier alpha value is -2.61. The Morgan fingerprint density at radius 2 is 1.97 bits per heavy atom. The van der Waals surface area contributed by atoms with E-state index < -0.39 is 0 Å². The van der Waals surface area contributed by atoms with E-state index in [4.69, 9.17) is 9.47 Å². The minimum absolute atomic E-state index is 0.00146. The number of nitrogens with one attached hydrogen (secondary N) is 1. The highest BCUT2D eigenvalue weighted by Crippen LogP contribution is 2.34. The molecule has 0 spiro atoms. The molecule has 3 amide bonds. The molecule has 0 aromatic heterocycles. The van der Waals surface area contributed by atoms with Crippen molar-refractivity contribution in [2.75, 3.05) is 33.1 Å². The monoisotopic (exact) mass is 415 g/mol. The summed E-state index contributed by atoms with van der Waals surface area (Å²) in [5.74, 6) is 0.440. The first kappa shape index (κ1) is 20.7. The van der Waals surface area contributed by atoms with Crippen LogP contribution in [-0.2, 0) is 14.3 Å². The number of anilines is 1. The van der Waals surface area contributed by atoms with Crippen LogP contribution in [0.3, 0.4) is 0 Å². The molecule has 0 unspecified atom stereocenters. The second-order valence-electron chi connectivity index (χ2n) is 8.64. The first-order valence-corrected chi connectivity index (χ1v) is 10.5. The van der Waals surface area contributed by atoms with Crippen molar-refractivity contribution < 1.29 is 23.9 Å². The summed E-state index contributed by atoms with van der Waals surface area (Å²) in [6.07, 6.45) is 3.16. The summed E-state index contributed by atoms with van der Waals surface area (Å²) < 4.78 is 12.1. The summed E-state index contributed by atoms with van der Waals surface area (Å²) in [4.78, 5) is 40.6. The van der Waals surface area contributed by atoms with Gasteiger partial charge in [-0.15, -0.1) is 0 Å². The molecule has 1 saturated heterocycles. The maximum Gasteiger partial charge on any atom is 0.257 e. The molecule has 1 aliphatic carbocycles. The van der Waals surface area contributed by atoms with Gasteiger partial charge in [-0.25, -0.2) is 0 Å². The summed E-state index contributed by atoms with van der Waals surface area (Å²) in [5, 5.41) is 2.89. The lowest BCUT2D eigenvalue weighted by Crippen LogP contribution is -2.53. The molecule has 2 aliphatic heterocycles. The van der Waals surface area contributed by atoms with E-state index in [1.807, 2.05) is 0 Å². The molecule has 1 N–H and O–H groups in total. The fraction of sp³-hybridized carbons (Fsp3) is 0.591. The van der Waals surface area contributed by atoms with Gasteiger partial charge >= 0.3 is 0 Å². The van der Waals surface area contributed by atoms with E-state index in [0.29, 0.717) is 36.4 Å². The smallest absolute Gasteiger partial charge is 0.257 e. The highest BCUT2D eigenvalue weighted by molar-refractivity contribution is 6.00. The van der Waals surface area contributed by atoms with Gasteiger partial charge in [0, 0.05) is 32.7 Å². The van der Waals surface area contributed by atoms with Crippen LogP contribution in [0.5, 0.6) is 5.75 Å².